The van der Waals surface area contributed by atoms with Crippen molar-refractivity contribution in [1.82, 2.24) is 35.0 Å². The summed E-state index contributed by atoms with van der Waals surface area (Å²) >= 11 is 6.31. The van der Waals surface area contributed by atoms with Crippen molar-refractivity contribution in [2.24, 2.45) is 0 Å². The molecule has 5 heterocycles. The van der Waals surface area contributed by atoms with Crippen molar-refractivity contribution in [2.75, 3.05) is 31.1 Å². The number of hydrogen-bond acceptors (Lipinski definition) is 9. The molecule has 4 aromatic heterocycles. The highest BCUT2D eigenvalue weighted by Crippen LogP contribution is 2.40. The number of hydrogen-bond donors (Lipinski definition) is 1. The number of aromatic amines is 1. The molecule has 202 valence electrons. The zero-order chi connectivity index (χ0) is 27.8. The van der Waals surface area contributed by atoms with E-state index in [2.05, 4.69) is 31.7 Å². The van der Waals surface area contributed by atoms with Crippen molar-refractivity contribution in [1.29, 1.82) is 0 Å². The molecule has 11 nitrogen and oxygen atoms in total. The van der Waals surface area contributed by atoms with Gasteiger partial charge < -0.3 is 19.3 Å². The van der Waals surface area contributed by atoms with E-state index in [1.165, 1.54) is 18.3 Å². The van der Waals surface area contributed by atoms with E-state index in [0.29, 0.717) is 65.2 Å². The minimum Gasteiger partial charge on any atom is -0.434 e. The average molecular weight is 561 g/mol. The third-order valence-electron chi connectivity index (χ3n) is 6.56. The Balaban J connectivity index is 1.46. The number of benzene rings is 1. The Morgan fingerprint density at radius 1 is 1.12 bits per heavy atom. The Bertz CT molecular complexity index is 1770. The topological polar surface area (TPSA) is 122 Å². The number of carbonyl (C=O) groups excluding carboxylic acids is 1. The highest BCUT2D eigenvalue weighted by Gasteiger charge is 2.25. The Morgan fingerprint density at radius 3 is 2.73 bits per heavy atom. The van der Waals surface area contributed by atoms with Crippen LogP contribution in [0.2, 0.25) is 5.02 Å². The van der Waals surface area contributed by atoms with E-state index < -0.39 is 5.82 Å². The third-order valence-corrected chi connectivity index (χ3v) is 6.91. The molecular formula is C27H22ClFN8O3. The van der Waals surface area contributed by atoms with Crippen molar-refractivity contribution in [3.63, 3.8) is 0 Å². The quantitative estimate of drug-likeness (QED) is 0.291. The fourth-order valence-corrected chi connectivity index (χ4v) is 4.69. The van der Waals surface area contributed by atoms with Crippen LogP contribution < -0.4 is 14.4 Å². The van der Waals surface area contributed by atoms with Gasteiger partial charge in [-0.25, -0.2) is 9.37 Å². The van der Waals surface area contributed by atoms with Crippen molar-refractivity contribution in [3.8, 4) is 23.4 Å². The predicted molar refractivity (Wildman–Crippen MR) is 147 cm³/mol. The minimum atomic E-state index is -0.674. The van der Waals surface area contributed by atoms with Crippen LogP contribution in [-0.2, 0) is 4.79 Å². The number of amides is 1. The smallest absolute Gasteiger partial charge is 0.324 e. The Labute approximate surface area is 232 Å². The molecule has 0 aliphatic carbocycles. The SMILES string of the molecule is C=CC(=O)N1CCN(c2nc(Oc3cccnc3C)nc3c(Oc4c(Cl)c(F)cc5[nH]ncc45)nccc23)CC1. The number of carbonyl (C=O) groups is 1. The molecule has 1 aliphatic heterocycles. The third kappa shape index (κ3) is 4.62. The summed E-state index contributed by atoms with van der Waals surface area (Å²) in [6, 6.07) is 6.56. The Kier molecular flexibility index (Phi) is 6.60. The van der Waals surface area contributed by atoms with E-state index in [1.807, 2.05) is 11.8 Å². The van der Waals surface area contributed by atoms with Crippen LogP contribution in [0.25, 0.3) is 21.8 Å². The summed E-state index contributed by atoms with van der Waals surface area (Å²) in [5, 5.41) is 7.58. The fraction of sp³-hybridized carbons (Fsp3) is 0.185. The number of aryl methyl sites for hydroxylation is 1. The van der Waals surface area contributed by atoms with E-state index >= 15 is 0 Å². The van der Waals surface area contributed by atoms with Gasteiger partial charge in [-0.3, -0.25) is 14.9 Å². The summed E-state index contributed by atoms with van der Waals surface area (Å²) in [5.74, 6) is 0.372. The van der Waals surface area contributed by atoms with Gasteiger partial charge >= 0.3 is 6.01 Å². The van der Waals surface area contributed by atoms with Gasteiger partial charge in [-0.1, -0.05) is 18.2 Å². The summed E-state index contributed by atoms with van der Waals surface area (Å²) < 4.78 is 26.8. The van der Waals surface area contributed by atoms with E-state index in [4.69, 9.17) is 26.1 Å². The lowest BCUT2D eigenvalue weighted by molar-refractivity contribution is -0.126. The van der Waals surface area contributed by atoms with Crippen molar-refractivity contribution in [3.05, 3.63) is 72.0 Å². The second-order valence-corrected chi connectivity index (χ2v) is 9.36. The number of aromatic nitrogens is 6. The first-order valence-corrected chi connectivity index (χ1v) is 12.7. The van der Waals surface area contributed by atoms with Crippen molar-refractivity contribution < 1.29 is 18.7 Å². The van der Waals surface area contributed by atoms with Gasteiger partial charge in [0, 0.05) is 44.6 Å². The molecular weight excluding hydrogens is 539 g/mol. The van der Waals surface area contributed by atoms with E-state index in [-0.39, 0.29) is 28.6 Å². The van der Waals surface area contributed by atoms with Crippen LogP contribution >= 0.6 is 11.6 Å². The molecule has 1 aliphatic rings. The van der Waals surface area contributed by atoms with Crippen molar-refractivity contribution in [2.45, 2.75) is 6.92 Å². The number of H-pyrrole nitrogens is 1. The molecule has 1 aromatic carbocycles. The van der Waals surface area contributed by atoms with Gasteiger partial charge in [-0.05, 0) is 31.2 Å². The second-order valence-electron chi connectivity index (χ2n) is 8.98. The summed E-state index contributed by atoms with van der Waals surface area (Å²) in [6.45, 7) is 7.39. The Hall–Kier alpha value is -4.84. The number of anilines is 1. The van der Waals surface area contributed by atoms with Crippen LogP contribution in [0, 0.1) is 12.7 Å². The molecule has 0 bridgehead atoms. The normalized spacial score (nSPS) is 13.6. The van der Waals surface area contributed by atoms with Crippen LogP contribution in [-0.4, -0.2) is 67.1 Å². The number of piperazine rings is 1. The van der Waals surface area contributed by atoms with Gasteiger partial charge in [0.2, 0.25) is 11.8 Å². The minimum absolute atomic E-state index is 0.0415. The molecule has 13 heteroatoms. The van der Waals surface area contributed by atoms with Crippen LogP contribution in [0.3, 0.4) is 0 Å². The zero-order valence-electron chi connectivity index (χ0n) is 21.3. The van der Waals surface area contributed by atoms with Crippen molar-refractivity contribution >= 4 is 45.1 Å². The van der Waals surface area contributed by atoms with Gasteiger partial charge in [0.05, 0.1) is 28.2 Å². The van der Waals surface area contributed by atoms with Crippen LogP contribution in [0.1, 0.15) is 5.69 Å². The van der Waals surface area contributed by atoms with E-state index in [9.17, 15) is 9.18 Å². The second kappa shape index (κ2) is 10.4. The Morgan fingerprint density at radius 2 is 1.95 bits per heavy atom. The number of rotatable bonds is 6. The molecule has 1 saturated heterocycles. The maximum atomic E-state index is 14.6. The van der Waals surface area contributed by atoms with Gasteiger partial charge in [-0.2, -0.15) is 15.1 Å². The van der Waals surface area contributed by atoms with E-state index in [1.54, 1.807) is 35.5 Å². The molecule has 5 aromatic rings. The lowest BCUT2D eigenvalue weighted by Gasteiger charge is -2.35. The maximum Gasteiger partial charge on any atom is 0.324 e. The van der Waals surface area contributed by atoms with Crippen LogP contribution in [0.15, 0.2) is 55.5 Å². The summed E-state index contributed by atoms with van der Waals surface area (Å²) in [6.07, 6.45) is 6.01. The van der Waals surface area contributed by atoms with Gasteiger partial charge in [0.25, 0.3) is 0 Å². The first-order chi connectivity index (χ1) is 19.4. The molecule has 1 N–H and O–H groups in total. The summed E-state index contributed by atoms with van der Waals surface area (Å²) in [7, 11) is 0. The molecule has 6 rings (SSSR count). The number of nitrogens with zero attached hydrogens (tertiary/aromatic N) is 7. The molecule has 1 amide bonds. The molecule has 0 spiro atoms. The maximum absolute atomic E-state index is 14.6. The standard InChI is InChI=1S/C27H22ClFN8O3/c1-3-21(38)36-9-11-37(12-10-36)25-16-6-8-31-26(40-24-17-14-32-35-19(17)13-18(29)22(24)28)23(16)33-27(34-25)39-20-5-4-7-30-15(20)2/h3-8,13-14H,1,9-12H2,2H3,(H,32,35). The monoisotopic (exact) mass is 560 g/mol. The summed E-state index contributed by atoms with van der Waals surface area (Å²) in [5.41, 5.74) is 1.39. The zero-order valence-corrected chi connectivity index (χ0v) is 22.0. The first-order valence-electron chi connectivity index (χ1n) is 12.3. The molecule has 1 fully saturated rings. The number of fused-ring (bicyclic) bond motifs is 2. The predicted octanol–water partition coefficient (Wildman–Crippen LogP) is 4.82. The lowest BCUT2D eigenvalue weighted by Crippen LogP contribution is -2.48. The first kappa shape index (κ1) is 25.4. The molecule has 0 saturated carbocycles. The fourth-order valence-electron chi connectivity index (χ4n) is 4.50. The van der Waals surface area contributed by atoms with Crippen LogP contribution in [0.5, 0.6) is 23.4 Å². The molecule has 0 unspecified atom stereocenters. The molecule has 40 heavy (non-hydrogen) atoms. The van der Waals surface area contributed by atoms with Gasteiger partial charge in [-0.15, -0.1) is 0 Å². The highest BCUT2D eigenvalue weighted by atomic mass is 35.5. The number of ether oxygens (including phenoxy) is 2. The van der Waals surface area contributed by atoms with Crippen LogP contribution in [0.4, 0.5) is 10.2 Å². The summed E-state index contributed by atoms with van der Waals surface area (Å²) in [4.78, 5) is 33.9. The average Bonchev–Trinajstić information content (AvgIpc) is 3.44. The largest absolute Gasteiger partial charge is 0.434 e. The van der Waals surface area contributed by atoms with E-state index in [0.717, 1.165) is 0 Å². The molecule has 0 radical (unpaired) electrons. The number of pyridine rings is 2. The van der Waals surface area contributed by atoms with Gasteiger partial charge in [0.15, 0.2) is 11.5 Å². The molecule has 0 atom stereocenters. The lowest BCUT2D eigenvalue weighted by atomic mass is 10.2. The number of halogens is 2. The number of nitrogens with one attached hydrogen (secondary N) is 1. The highest BCUT2D eigenvalue weighted by molar-refractivity contribution is 6.33. The van der Waals surface area contributed by atoms with Gasteiger partial charge in [0.1, 0.15) is 22.2 Å².